The van der Waals surface area contributed by atoms with Gasteiger partial charge < -0.3 is 0 Å². The molecule has 1 saturated heterocycles. The number of rotatable bonds is 4. The smallest absolute Gasteiger partial charge is 0.268 e. The number of thioether (sulfide) groups is 1. The van der Waals surface area contributed by atoms with E-state index >= 15 is 0 Å². The summed E-state index contributed by atoms with van der Waals surface area (Å²) in [6.45, 7) is 4.23. The van der Waals surface area contributed by atoms with E-state index in [4.69, 9.17) is 0 Å². The van der Waals surface area contributed by atoms with Gasteiger partial charge in [-0.2, -0.15) is 0 Å². The van der Waals surface area contributed by atoms with Crippen LogP contribution in [0.3, 0.4) is 0 Å². The Labute approximate surface area is 152 Å². The first-order chi connectivity index (χ1) is 12.0. The van der Waals surface area contributed by atoms with Crippen LogP contribution in [0, 0.1) is 6.92 Å². The molecule has 3 rings (SSSR count). The average Bonchev–Trinajstić information content (AvgIpc) is 2.85. The molecule has 0 spiro atoms. The third-order valence-electron chi connectivity index (χ3n) is 4.02. The summed E-state index contributed by atoms with van der Waals surface area (Å²) < 4.78 is 0. The minimum Gasteiger partial charge on any atom is -0.268 e. The van der Waals surface area contributed by atoms with Gasteiger partial charge in [-0.25, -0.2) is 0 Å². The van der Waals surface area contributed by atoms with Gasteiger partial charge >= 0.3 is 0 Å². The minimum absolute atomic E-state index is 0.216. The molecule has 3 nitrogen and oxygen atoms in total. The number of carbonyl (C=O) groups is 2. The quantitative estimate of drug-likeness (QED) is 0.714. The molecule has 2 amide bonds. The van der Waals surface area contributed by atoms with Gasteiger partial charge in [0, 0.05) is 0 Å². The lowest BCUT2D eigenvalue weighted by Crippen LogP contribution is -2.27. The number of allylic oxidation sites excluding steroid dienone is 2. The van der Waals surface area contributed by atoms with Crippen LogP contribution < -0.4 is 0 Å². The molecular formula is C21H19NO2S. The second-order valence-electron chi connectivity index (χ2n) is 5.99. The van der Waals surface area contributed by atoms with E-state index in [2.05, 4.69) is 0 Å². The number of hydrogen-bond acceptors (Lipinski definition) is 3. The second kappa shape index (κ2) is 7.53. The van der Waals surface area contributed by atoms with E-state index in [9.17, 15) is 9.59 Å². The van der Waals surface area contributed by atoms with E-state index in [1.807, 2.05) is 74.5 Å². The molecule has 0 bridgehead atoms. The molecule has 0 N–H and O–H groups in total. The maximum absolute atomic E-state index is 12.6. The topological polar surface area (TPSA) is 37.4 Å². The molecule has 0 aromatic heterocycles. The standard InChI is InChI=1S/C21H19NO2S/c1-15(12-17-9-4-3-5-10-17)13-19-20(23)22(21(24)25-19)14-18-11-7-6-8-16(18)2/h3-13H,14H2,1-2H3/b15-12+,19-13-. The van der Waals surface area contributed by atoms with Gasteiger partial charge in [0.15, 0.2) is 0 Å². The van der Waals surface area contributed by atoms with Gasteiger partial charge in [-0.05, 0) is 53.9 Å². The summed E-state index contributed by atoms with van der Waals surface area (Å²) in [5.74, 6) is -0.223. The van der Waals surface area contributed by atoms with Crippen LogP contribution in [-0.4, -0.2) is 16.0 Å². The van der Waals surface area contributed by atoms with Crippen molar-refractivity contribution in [2.75, 3.05) is 0 Å². The zero-order valence-corrected chi connectivity index (χ0v) is 15.0. The third-order valence-corrected chi connectivity index (χ3v) is 4.92. The molecule has 0 radical (unpaired) electrons. The van der Waals surface area contributed by atoms with Crippen molar-refractivity contribution in [1.29, 1.82) is 0 Å². The molecule has 0 atom stereocenters. The molecule has 126 valence electrons. The number of aryl methyl sites for hydroxylation is 1. The minimum atomic E-state index is -0.223. The number of benzene rings is 2. The molecule has 0 aliphatic carbocycles. The van der Waals surface area contributed by atoms with Gasteiger partial charge in [0.2, 0.25) is 0 Å². The van der Waals surface area contributed by atoms with Crippen molar-refractivity contribution < 1.29 is 9.59 Å². The fraction of sp³-hybridized carbons (Fsp3) is 0.143. The Bertz CT molecular complexity index is 868. The molecular weight excluding hydrogens is 330 g/mol. The second-order valence-corrected chi connectivity index (χ2v) is 6.99. The SMILES string of the molecule is CC(/C=C1\SC(=O)N(Cc2ccccc2C)C1=O)=C\c1ccccc1. The Morgan fingerprint density at radius 2 is 1.72 bits per heavy atom. The lowest BCUT2D eigenvalue weighted by Gasteiger charge is -2.14. The van der Waals surface area contributed by atoms with E-state index in [1.54, 1.807) is 6.08 Å². The fourth-order valence-corrected chi connectivity index (χ4v) is 3.54. The largest absolute Gasteiger partial charge is 0.293 e. The third kappa shape index (κ3) is 4.09. The van der Waals surface area contributed by atoms with E-state index in [-0.39, 0.29) is 11.1 Å². The summed E-state index contributed by atoms with van der Waals surface area (Å²) in [5, 5.41) is -0.216. The first-order valence-electron chi connectivity index (χ1n) is 8.08. The van der Waals surface area contributed by atoms with Crippen LogP contribution in [0.15, 0.2) is 71.2 Å². The lowest BCUT2D eigenvalue weighted by atomic mass is 10.1. The Balaban J connectivity index is 1.79. The predicted octanol–water partition coefficient (Wildman–Crippen LogP) is 5.18. The summed E-state index contributed by atoms with van der Waals surface area (Å²) >= 11 is 1.00. The number of nitrogens with zero attached hydrogens (tertiary/aromatic N) is 1. The van der Waals surface area contributed by atoms with Crippen molar-refractivity contribution in [2.24, 2.45) is 0 Å². The molecule has 1 aliphatic heterocycles. The number of imide groups is 1. The molecule has 1 aliphatic rings. The van der Waals surface area contributed by atoms with Crippen LogP contribution in [0.5, 0.6) is 0 Å². The van der Waals surface area contributed by atoms with Gasteiger partial charge in [-0.15, -0.1) is 0 Å². The summed E-state index contributed by atoms with van der Waals surface area (Å²) in [5.41, 5.74) is 4.07. The highest BCUT2D eigenvalue weighted by Crippen LogP contribution is 2.33. The fourth-order valence-electron chi connectivity index (χ4n) is 2.65. The van der Waals surface area contributed by atoms with Crippen LogP contribution in [0.2, 0.25) is 0 Å². The highest BCUT2D eigenvalue weighted by atomic mass is 32.2. The van der Waals surface area contributed by atoms with Crippen LogP contribution in [0.4, 0.5) is 4.79 Å². The van der Waals surface area contributed by atoms with Crippen molar-refractivity contribution in [3.63, 3.8) is 0 Å². The lowest BCUT2D eigenvalue weighted by molar-refractivity contribution is -0.123. The molecule has 0 saturated carbocycles. The van der Waals surface area contributed by atoms with Gasteiger partial charge in [-0.1, -0.05) is 60.7 Å². The van der Waals surface area contributed by atoms with Gasteiger partial charge in [0.25, 0.3) is 11.1 Å². The predicted molar refractivity (Wildman–Crippen MR) is 103 cm³/mol. The maximum atomic E-state index is 12.6. The number of hydrogen-bond donors (Lipinski definition) is 0. The van der Waals surface area contributed by atoms with Crippen molar-refractivity contribution in [2.45, 2.75) is 20.4 Å². The molecule has 1 fully saturated rings. The van der Waals surface area contributed by atoms with Gasteiger partial charge in [-0.3, -0.25) is 14.5 Å². The van der Waals surface area contributed by atoms with Crippen LogP contribution >= 0.6 is 11.8 Å². The monoisotopic (exact) mass is 349 g/mol. The zero-order chi connectivity index (χ0) is 17.8. The highest BCUT2D eigenvalue weighted by molar-refractivity contribution is 8.18. The highest BCUT2D eigenvalue weighted by Gasteiger charge is 2.35. The Morgan fingerprint density at radius 3 is 2.44 bits per heavy atom. The number of carbonyl (C=O) groups excluding carboxylic acids is 2. The van der Waals surface area contributed by atoms with Crippen LogP contribution in [-0.2, 0) is 11.3 Å². The Hall–Kier alpha value is -2.59. The van der Waals surface area contributed by atoms with E-state index < -0.39 is 0 Å². The summed E-state index contributed by atoms with van der Waals surface area (Å²) in [7, 11) is 0. The van der Waals surface area contributed by atoms with E-state index in [1.165, 1.54) is 4.90 Å². The molecule has 2 aromatic carbocycles. The summed E-state index contributed by atoms with van der Waals surface area (Å²) in [6, 6.07) is 17.7. The normalized spacial score (nSPS) is 16.8. The zero-order valence-electron chi connectivity index (χ0n) is 14.2. The molecule has 0 unspecified atom stereocenters. The van der Waals surface area contributed by atoms with Gasteiger partial charge in [0.05, 0.1) is 11.4 Å². The maximum Gasteiger partial charge on any atom is 0.293 e. The Kier molecular flexibility index (Phi) is 5.19. The summed E-state index contributed by atoms with van der Waals surface area (Å²) in [6.07, 6.45) is 3.78. The van der Waals surface area contributed by atoms with E-state index in [0.717, 1.165) is 34.0 Å². The first-order valence-corrected chi connectivity index (χ1v) is 8.89. The van der Waals surface area contributed by atoms with Crippen molar-refractivity contribution in [1.82, 2.24) is 4.90 Å². The number of amides is 2. The average molecular weight is 349 g/mol. The molecule has 2 aromatic rings. The Morgan fingerprint density at radius 1 is 1.04 bits per heavy atom. The van der Waals surface area contributed by atoms with Crippen molar-refractivity contribution >= 4 is 29.0 Å². The van der Waals surface area contributed by atoms with Crippen molar-refractivity contribution in [3.8, 4) is 0 Å². The van der Waals surface area contributed by atoms with E-state index in [0.29, 0.717) is 11.4 Å². The summed E-state index contributed by atoms with van der Waals surface area (Å²) in [4.78, 5) is 26.7. The molecule has 4 heteroatoms. The van der Waals surface area contributed by atoms with Gasteiger partial charge in [0.1, 0.15) is 0 Å². The van der Waals surface area contributed by atoms with Crippen molar-refractivity contribution in [3.05, 3.63) is 87.8 Å². The van der Waals surface area contributed by atoms with Crippen LogP contribution in [0.1, 0.15) is 23.6 Å². The molecule has 25 heavy (non-hydrogen) atoms. The first kappa shape index (κ1) is 17.2. The van der Waals surface area contributed by atoms with Crippen LogP contribution in [0.25, 0.3) is 6.08 Å². The molecule has 1 heterocycles.